The van der Waals surface area contributed by atoms with Crippen molar-refractivity contribution in [1.29, 1.82) is 5.26 Å². The lowest BCUT2D eigenvalue weighted by Gasteiger charge is -2.06. The normalized spacial score (nSPS) is 9.31. The number of benzene rings is 1. The molecule has 0 atom stereocenters. The lowest BCUT2D eigenvalue weighted by Crippen LogP contribution is -2.07. The summed E-state index contributed by atoms with van der Waals surface area (Å²) in [5.74, 6) is -0.525. The highest BCUT2D eigenvalue weighted by molar-refractivity contribution is 9.10. The molecule has 0 N–H and O–H groups in total. The summed E-state index contributed by atoms with van der Waals surface area (Å²) in [6.45, 7) is 1.94. The Morgan fingerprint density at radius 1 is 1.62 bits per heavy atom. The number of nitriles is 1. The first kappa shape index (κ1) is 12.4. The molecule has 0 aliphatic heterocycles. The maximum atomic E-state index is 11.5. The molecule has 16 heavy (non-hydrogen) atoms. The van der Waals surface area contributed by atoms with Crippen molar-refractivity contribution < 1.29 is 14.3 Å². The molecule has 1 aromatic carbocycles. The Morgan fingerprint density at radius 3 is 2.81 bits per heavy atom. The summed E-state index contributed by atoms with van der Waals surface area (Å²) in [5.41, 5.74) is 0.618. The van der Waals surface area contributed by atoms with Gasteiger partial charge in [0.15, 0.2) is 6.29 Å². The standard InChI is InChI=1S/C11H8BrNO3/c1-2-16-11(15)8-4-3-7(6-14)9(5-13)10(8)12/h3-4,6H,2H2,1H3. The average molecular weight is 282 g/mol. The molecule has 4 nitrogen and oxygen atoms in total. The number of rotatable bonds is 3. The fourth-order valence-electron chi connectivity index (χ4n) is 1.17. The molecule has 0 aromatic heterocycles. The van der Waals surface area contributed by atoms with Crippen LogP contribution in [0.5, 0.6) is 0 Å². The van der Waals surface area contributed by atoms with E-state index in [1.807, 2.05) is 6.07 Å². The van der Waals surface area contributed by atoms with Crippen molar-refractivity contribution in [2.45, 2.75) is 6.92 Å². The number of ether oxygens (including phenoxy) is 1. The molecule has 0 aliphatic carbocycles. The van der Waals surface area contributed by atoms with E-state index in [-0.39, 0.29) is 27.8 Å². The van der Waals surface area contributed by atoms with E-state index in [1.165, 1.54) is 12.1 Å². The fourth-order valence-corrected chi connectivity index (χ4v) is 1.78. The van der Waals surface area contributed by atoms with Crippen LogP contribution in [-0.4, -0.2) is 18.9 Å². The molecule has 1 rings (SSSR count). The summed E-state index contributed by atoms with van der Waals surface area (Å²) in [6, 6.07) is 4.74. The maximum absolute atomic E-state index is 11.5. The molecule has 0 bridgehead atoms. The van der Waals surface area contributed by atoms with Crippen LogP contribution in [0, 0.1) is 11.3 Å². The van der Waals surface area contributed by atoms with Crippen molar-refractivity contribution in [3.8, 4) is 6.07 Å². The van der Waals surface area contributed by atoms with Gasteiger partial charge in [-0.15, -0.1) is 0 Å². The number of halogens is 1. The Morgan fingerprint density at radius 2 is 2.31 bits per heavy atom. The van der Waals surface area contributed by atoms with Gasteiger partial charge in [-0.05, 0) is 35.0 Å². The van der Waals surface area contributed by atoms with Gasteiger partial charge in [0.05, 0.1) is 22.2 Å². The van der Waals surface area contributed by atoms with E-state index in [1.54, 1.807) is 6.92 Å². The van der Waals surface area contributed by atoms with Crippen molar-refractivity contribution >= 4 is 28.2 Å². The van der Waals surface area contributed by atoms with Gasteiger partial charge in [-0.25, -0.2) is 4.79 Å². The molecule has 82 valence electrons. The number of hydrogen-bond acceptors (Lipinski definition) is 4. The molecule has 1 aromatic rings. The van der Waals surface area contributed by atoms with Crippen LogP contribution in [0.1, 0.15) is 33.2 Å². The van der Waals surface area contributed by atoms with Crippen LogP contribution < -0.4 is 0 Å². The van der Waals surface area contributed by atoms with Crippen LogP contribution in [0.15, 0.2) is 16.6 Å². The SMILES string of the molecule is CCOC(=O)c1ccc(C=O)c(C#N)c1Br. The zero-order valence-electron chi connectivity index (χ0n) is 8.49. The zero-order chi connectivity index (χ0) is 12.1. The molecule has 5 heteroatoms. The number of carbonyl (C=O) groups excluding carboxylic acids is 2. The molecule has 0 saturated carbocycles. The zero-order valence-corrected chi connectivity index (χ0v) is 10.1. The third-order valence-electron chi connectivity index (χ3n) is 1.91. The largest absolute Gasteiger partial charge is 0.462 e. The second-order valence-corrected chi connectivity index (χ2v) is 3.63. The van der Waals surface area contributed by atoms with Gasteiger partial charge in [0.1, 0.15) is 6.07 Å². The minimum atomic E-state index is -0.525. The Bertz CT molecular complexity index is 477. The first-order valence-electron chi connectivity index (χ1n) is 4.50. The first-order chi connectivity index (χ1) is 7.65. The van der Waals surface area contributed by atoms with Crippen LogP contribution in [0.3, 0.4) is 0 Å². The molecule has 0 unspecified atom stereocenters. The minimum Gasteiger partial charge on any atom is -0.462 e. The van der Waals surface area contributed by atoms with Crippen molar-refractivity contribution in [3.05, 3.63) is 33.3 Å². The average Bonchev–Trinajstić information content (AvgIpc) is 2.28. The van der Waals surface area contributed by atoms with E-state index in [4.69, 9.17) is 10.00 Å². The predicted octanol–water partition coefficient (Wildman–Crippen LogP) is 2.31. The fraction of sp³-hybridized carbons (Fsp3) is 0.182. The van der Waals surface area contributed by atoms with Crippen LogP contribution in [0.4, 0.5) is 0 Å². The summed E-state index contributed by atoms with van der Waals surface area (Å²) in [7, 11) is 0. The van der Waals surface area contributed by atoms with E-state index in [9.17, 15) is 9.59 Å². The highest BCUT2D eigenvalue weighted by atomic mass is 79.9. The Hall–Kier alpha value is -1.67. The number of aldehydes is 1. The smallest absolute Gasteiger partial charge is 0.339 e. The van der Waals surface area contributed by atoms with Gasteiger partial charge in [-0.1, -0.05) is 0 Å². The summed E-state index contributed by atoms with van der Waals surface area (Å²) >= 11 is 3.12. The van der Waals surface area contributed by atoms with Crippen LogP contribution in [0.2, 0.25) is 0 Å². The van der Waals surface area contributed by atoms with Gasteiger partial charge in [0, 0.05) is 5.56 Å². The van der Waals surface area contributed by atoms with Crippen LogP contribution >= 0.6 is 15.9 Å². The summed E-state index contributed by atoms with van der Waals surface area (Å²) < 4.78 is 5.10. The second kappa shape index (κ2) is 5.42. The van der Waals surface area contributed by atoms with Crippen molar-refractivity contribution in [1.82, 2.24) is 0 Å². The molecular formula is C11H8BrNO3. The Labute approximate surface area is 101 Å². The minimum absolute atomic E-state index is 0.139. The van der Waals surface area contributed by atoms with E-state index in [0.29, 0.717) is 6.29 Å². The lowest BCUT2D eigenvalue weighted by molar-refractivity contribution is 0.0525. The Balaban J connectivity index is 3.30. The lowest BCUT2D eigenvalue weighted by atomic mass is 10.1. The second-order valence-electron chi connectivity index (χ2n) is 2.84. The van der Waals surface area contributed by atoms with Crippen molar-refractivity contribution in [2.24, 2.45) is 0 Å². The van der Waals surface area contributed by atoms with Gasteiger partial charge in [0.25, 0.3) is 0 Å². The number of hydrogen-bond donors (Lipinski definition) is 0. The van der Waals surface area contributed by atoms with E-state index < -0.39 is 5.97 Å². The Kier molecular flexibility index (Phi) is 4.20. The molecule has 0 radical (unpaired) electrons. The highest BCUT2D eigenvalue weighted by Gasteiger charge is 2.16. The molecule has 0 saturated heterocycles. The van der Waals surface area contributed by atoms with Gasteiger partial charge >= 0.3 is 5.97 Å². The summed E-state index contributed by atoms with van der Waals surface area (Å²) in [6.07, 6.45) is 0.568. The maximum Gasteiger partial charge on any atom is 0.339 e. The molecular weight excluding hydrogens is 274 g/mol. The molecule has 0 aliphatic rings. The van der Waals surface area contributed by atoms with Gasteiger partial charge in [0.2, 0.25) is 0 Å². The predicted molar refractivity (Wildman–Crippen MR) is 60.2 cm³/mol. The van der Waals surface area contributed by atoms with Crippen LogP contribution in [0.25, 0.3) is 0 Å². The van der Waals surface area contributed by atoms with Gasteiger partial charge < -0.3 is 4.74 Å². The van der Waals surface area contributed by atoms with Gasteiger partial charge in [-0.2, -0.15) is 5.26 Å². The van der Waals surface area contributed by atoms with E-state index >= 15 is 0 Å². The molecule has 0 spiro atoms. The van der Waals surface area contributed by atoms with E-state index in [0.717, 1.165) is 0 Å². The van der Waals surface area contributed by atoms with Crippen molar-refractivity contribution in [3.63, 3.8) is 0 Å². The first-order valence-corrected chi connectivity index (χ1v) is 5.29. The third kappa shape index (κ3) is 2.28. The van der Waals surface area contributed by atoms with Crippen LogP contribution in [-0.2, 0) is 4.74 Å². The quantitative estimate of drug-likeness (QED) is 0.630. The van der Waals surface area contributed by atoms with Gasteiger partial charge in [-0.3, -0.25) is 4.79 Å². The number of carbonyl (C=O) groups is 2. The van der Waals surface area contributed by atoms with E-state index in [2.05, 4.69) is 15.9 Å². The number of esters is 1. The summed E-state index contributed by atoms with van der Waals surface area (Å²) in [5, 5.41) is 8.88. The van der Waals surface area contributed by atoms with Crippen molar-refractivity contribution in [2.75, 3.05) is 6.61 Å². The topological polar surface area (TPSA) is 67.2 Å². The monoisotopic (exact) mass is 281 g/mol. The third-order valence-corrected chi connectivity index (χ3v) is 2.73. The number of nitrogens with zero attached hydrogens (tertiary/aromatic N) is 1. The highest BCUT2D eigenvalue weighted by Crippen LogP contribution is 2.24. The summed E-state index contributed by atoms with van der Waals surface area (Å²) in [4.78, 5) is 22.1. The molecule has 0 heterocycles. The molecule has 0 amide bonds. The molecule has 0 fully saturated rings.